The van der Waals surface area contributed by atoms with Gasteiger partial charge in [0.25, 0.3) is 0 Å². The lowest BCUT2D eigenvalue weighted by atomic mass is 10.0. The van der Waals surface area contributed by atoms with Crippen LogP contribution < -0.4 is 4.74 Å². The van der Waals surface area contributed by atoms with Crippen molar-refractivity contribution in [1.82, 2.24) is 0 Å². The van der Waals surface area contributed by atoms with Crippen LogP contribution in [0.3, 0.4) is 0 Å². The Labute approximate surface area is 128 Å². The molecule has 4 rings (SSSR count). The van der Waals surface area contributed by atoms with Crippen LogP contribution in [0.1, 0.15) is 6.92 Å². The Morgan fingerprint density at radius 3 is 2.41 bits per heavy atom. The van der Waals surface area contributed by atoms with Crippen LogP contribution in [0.2, 0.25) is 0 Å². The van der Waals surface area contributed by atoms with Gasteiger partial charge in [-0.15, -0.1) is 0 Å². The van der Waals surface area contributed by atoms with Crippen LogP contribution in [0.4, 0.5) is 0 Å². The zero-order valence-electron chi connectivity index (χ0n) is 12.2. The Kier molecular flexibility index (Phi) is 2.67. The summed E-state index contributed by atoms with van der Waals surface area (Å²) in [4.78, 5) is 11.9. The maximum atomic E-state index is 11.9. The van der Waals surface area contributed by atoms with Crippen LogP contribution in [-0.4, -0.2) is 5.97 Å². The van der Waals surface area contributed by atoms with E-state index < -0.39 is 5.97 Å². The molecule has 1 aliphatic rings. The van der Waals surface area contributed by atoms with Gasteiger partial charge in [0.05, 0.1) is 0 Å². The first-order valence-electron chi connectivity index (χ1n) is 7.20. The summed E-state index contributed by atoms with van der Waals surface area (Å²) in [5.41, 5.74) is 4.88. The topological polar surface area (TPSA) is 26.3 Å². The summed E-state index contributed by atoms with van der Waals surface area (Å²) in [6.45, 7) is 5.31. The van der Waals surface area contributed by atoms with E-state index in [-0.39, 0.29) is 0 Å². The molecule has 0 heterocycles. The van der Waals surface area contributed by atoms with E-state index in [0.29, 0.717) is 11.3 Å². The first-order valence-corrected chi connectivity index (χ1v) is 7.20. The number of rotatable bonds is 2. The van der Waals surface area contributed by atoms with Gasteiger partial charge in [-0.2, -0.15) is 0 Å². The molecule has 2 heteroatoms. The van der Waals surface area contributed by atoms with Crippen LogP contribution in [0.5, 0.6) is 5.75 Å². The van der Waals surface area contributed by atoms with Gasteiger partial charge in [0.2, 0.25) is 0 Å². The first kappa shape index (κ1) is 12.8. The Bertz CT molecular complexity index is 951. The lowest BCUT2D eigenvalue weighted by Gasteiger charge is -2.10. The smallest absolute Gasteiger partial charge is 0.338 e. The number of fused-ring (bicyclic) bond motifs is 3. The zero-order chi connectivity index (χ0) is 15.3. The molecule has 22 heavy (non-hydrogen) atoms. The first-order chi connectivity index (χ1) is 10.7. The minimum Gasteiger partial charge on any atom is -0.423 e. The number of benzene rings is 3. The Morgan fingerprint density at radius 2 is 1.64 bits per heavy atom. The van der Waals surface area contributed by atoms with Crippen molar-refractivity contribution in [3.05, 3.63) is 66.7 Å². The highest BCUT2D eigenvalue weighted by Crippen LogP contribution is 2.50. The standard InChI is InChI=1S/C20H14O2/c1-12(2)20(21)22-17-11-10-13-6-5-9-15-14-7-3-4-8-16(14)19(17)18(13)15/h3-11H,1H2,2H3. The van der Waals surface area contributed by atoms with Gasteiger partial charge in [-0.05, 0) is 35.1 Å². The van der Waals surface area contributed by atoms with Crippen LogP contribution in [-0.2, 0) is 4.79 Å². The van der Waals surface area contributed by atoms with Crippen molar-refractivity contribution in [2.45, 2.75) is 6.92 Å². The Hall–Kier alpha value is -2.87. The molecule has 3 aromatic rings. The molecule has 0 saturated carbocycles. The van der Waals surface area contributed by atoms with E-state index in [2.05, 4.69) is 36.9 Å². The summed E-state index contributed by atoms with van der Waals surface area (Å²) >= 11 is 0. The predicted molar refractivity (Wildman–Crippen MR) is 88.8 cm³/mol. The maximum Gasteiger partial charge on any atom is 0.338 e. The molecule has 0 radical (unpaired) electrons. The molecule has 0 amide bonds. The van der Waals surface area contributed by atoms with Gasteiger partial charge in [0.15, 0.2) is 0 Å². The molecule has 3 aromatic carbocycles. The third kappa shape index (κ3) is 1.70. The lowest BCUT2D eigenvalue weighted by molar-refractivity contribution is -0.130. The summed E-state index contributed by atoms with van der Waals surface area (Å²) in [7, 11) is 0. The van der Waals surface area contributed by atoms with Crippen molar-refractivity contribution in [1.29, 1.82) is 0 Å². The molecule has 0 spiro atoms. The number of hydrogen-bond acceptors (Lipinski definition) is 2. The fourth-order valence-electron chi connectivity index (χ4n) is 3.06. The van der Waals surface area contributed by atoms with Crippen molar-refractivity contribution in [2.75, 3.05) is 0 Å². The summed E-state index contributed by atoms with van der Waals surface area (Å²) in [6, 6.07) is 18.3. The maximum absolute atomic E-state index is 11.9. The number of carbonyl (C=O) groups is 1. The number of hydrogen-bond donors (Lipinski definition) is 0. The fourth-order valence-corrected chi connectivity index (χ4v) is 3.06. The number of carbonyl (C=O) groups excluding carboxylic acids is 1. The van der Waals surface area contributed by atoms with Crippen molar-refractivity contribution < 1.29 is 9.53 Å². The van der Waals surface area contributed by atoms with E-state index in [0.717, 1.165) is 21.9 Å². The molecule has 0 saturated heterocycles. The largest absolute Gasteiger partial charge is 0.423 e. The second-order valence-electron chi connectivity index (χ2n) is 5.56. The number of esters is 1. The van der Waals surface area contributed by atoms with E-state index in [9.17, 15) is 4.79 Å². The highest BCUT2D eigenvalue weighted by molar-refractivity contribution is 6.17. The van der Waals surface area contributed by atoms with Crippen molar-refractivity contribution in [2.24, 2.45) is 0 Å². The van der Waals surface area contributed by atoms with E-state index in [1.165, 1.54) is 11.1 Å². The van der Waals surface area contributed by atoms with Gasteiger partial charge >= 0.3 is 5.97 Å². The van der Waals surface area contributed by atoms with E-state index in [4.69, 9.17) is 4.74 Å². The normalized spacial score (nSPS) is 11.3. The van der Waals surface area contributed by atoms with Gasteiger partial charge in [-0.25, -0.2) is 4.79 Å². The molecular formula is C20H14O2. The van der Waals surface area contributed by atoms with Crippen molar-refractivity contribution >= 4 is 16.7 Å². The quantitative estimate of drug-likeness (QED) is 0.295. The van der Waals surface area contributed by atoms with E-state index >= 15 is 0 Å². The van der Waals surface area contributed by atoms with Gasteiger partial charge in [0, 0.05) is 16.5 Å². The zero-order valence-corrected chi connectivity index (χ0v) is 12.2. The highest BCUT2D eigenvalue weighted by atomic mass is 16.5. The van der Waals surface area contributed by atoms with E-state index in [1.54, 1.807) is 6.92 Å². The second kappa shape index (κ2) is 4.57. The number of ether oxygens (including phenoxy) is 1. The molecule has 0 aromatic heterocycles. The summed E-state index contributed by atoms with van der Waals surface area (Å²) in [5, 5.41) is 2.30. The van der Waals surface area contributed by atoms with Crippen molar-refractivity contribution in [3.63, 3.8) is 0 Å². The van der Waals surface area contributed by atoms with Crippen LogP contribution in [0.25, 0.3) is 33.0 Å². The van der Waals surface area contributed by atoms with Gasteiger partial charge in [-0.3, -0.25) is 0 Å². The van der Waals surface area contributed by atoms with Gasteiger partial charge < -0.3 is 4.74 Å². The van der Waals surface area contributed by atoms with Crippen LogP contribution in [0.15, 0.2) is 66.7 Å². The molecule has 106 valence electrons. The third-order valence-electron chi connectivity index (χ3n) is 4.05. The molecule has 2 nitrogen and oxygen atoms in total. The SMILES string of the molecule is C=C(C)C(=O)Oc1ccc2cccc3c2c1-c1ccccc1-3. The predicted octanol–water partition coefficient (Wildman–Crippen LogP) is 4.97. The van der Waals surface area contributed by atoms with E-state index in [1.807, 2.05) is 24.3 Å². The van der Waals surface area contributed by atoms with Crippen LogP contribution in [0, 0.1) is 0 Å². The molecule has 0 aliphatic heterocycles. The lowest BCUT2D eigenvalue weighted by Crippen LogP contribution is -2.08. The van der Waals surface area contributed by atoms with Gasteiger partial charge in [-0.1, -0.05) is 55.1 Å². The second-order valence-corrected chi connectivity index (χ2v) is 5.56. The van der Waals surface area contributed by atoms with Crippen molar-refractivity contribution in [3.8, 4) is 28.0 Å². The molecule has 0 unspecified atom stereocenters. The molecule has 0 bridgehead atoms. The van der Waals surface area contributed by atoms with Gasteiger partial charge in [0.1, 0.15) is 5.75 Å². The fraction of sp³-hybridized carbons (Fsp3) is 0.0500. The average molecular weight is 286 g/mol. The highest BCUT2D eigenvalue weighted by Gasteiger charge is 2.25. The molecule has 0 atom stereocenters. The van der Waals surface area contributed by atoms with Crippen LogP contribution >= 0.6 is 0 Å². The summed E-state index contributed by atoms with van der Waals surface area (Å²) < 4.78 is 5.56. The molecule has 0 fully saturated rings. The molecular weight excluding hydrogens is 272 g/mol. The minimum atomic E-state index is -0.391. The Morgan fingerprint density at radius 1 is 0.909 bits per heavy atom. The molecule has 0 N–H and O–H groups in total. The Balaban J connectivity index is 2.03. The molecule has 1 aliphatic carbocycles. The monoisotopic (exact) mass is 286 g/mol. The minimum absolute atomic E-state index is 0.391. The summed E-state index contributed by atoms with van der Waals surface area (Å²) in [5.74, 6) is 0.204. The summed E-state index contributed by atoms with van der Waals surface area (Å²) in [6.07, 6.45) is 0. The third-order valence-corrected chi connectivity index (χ3v) is 4.05. The average Bonchev–Trinajstić information content (AvgIpc) is 2.87.